The minimum absolute atomic E-state index is 0.289. The maximum absolute atomic E-state index is 12.1. The molecule has 2 unspecified atom stereocenters. The molecule has 1 aliphatic heterocycles. The number of carboxylic acids is 1. The van der Waals surface area contributed by atoms with Crippen LogP contribution in [0, 0.1) is 0 Å². The normalized spacial score (nSPS) is 22.6. The van der Waals surface area contributed by atoms with Gasteiger partial charge in [0.2, 0.25) is 16.4 Å². The average molecular weight is 340 g/mol. The Morgan fingerprint density at radius 2 is 2.00 bits per heavy atom. The van der Waals surface area contributed by atoms with Crippen molar-refractivity contribution in [2.24, 2.45) is 0 Å². The first-order valence-corrected chi connectivity index (χ1v) is 7.38. The molecule has 0 aromatic rings. The average Bonchev–Trinajstić information content (AvgIpc) is 2.54. The van der Waals surface area contributed by atoms with Crippen LogP contribution in [0.4, 0.5) is 0 Å². The van der Waals surface area contributed by atoms with E-state index in [-0.39, 0.29) is 16.2 Å². The first-order chi connectivity index (χ1) is 11.0. The molecule has 23 heavy (non-hydrogen) atoms. The fourth-order valence-electron chi connectivity index (χ4n) is 1.96. The number of hydrogen-bond donors (Lipinski definition) is 1. The Hall–Kier alpha value is -2.81. The molecule has 122 valence electrons. The lowest BCUT2D eigenvalue weighted by molar-refractivity contribution is -0.153. The molecule has 0 fully saturated rings. The number of carbonyl (C=O) groups excluding carboxylic acids is 1. The molecule has 8 nitrogen and oxygen atoms in total. The molecule has 0 aromatic heterocycles. The molecule has 1 N–H and O–H groups in total. The molecule has 0 saturated heterocycles. The van der Waals surface area contributed by atoms with Gasteiger partial charge in [-0.2, -0.15) is 8.42 Å². The van der Waals surface area contributed by atoms with Gasteiger partial charge < -0.3 is 19.3 Å². The molecule has 0 radical (unpaired) electrons. The van der Waals surface area contributed by atoms with Crippen LogP contribution in [0.5, 0.6) is 0 Å². The topological polar surface area (TPSA) is 116 Å². The van der Waals surface area contributed by atoms with E-state index in [0.717, 1.165) is 19.3 Å². The summed E-state index contributed by atoms with van der Waals surface area (Å²) in [6.07, 6.45) is 5.36. The lowest BCUT2D eigenvalue weighted by Gasteiger charge is -2.24. The van der Waals surface area contributed by atoms with Crippen LogP contribution in [0.3, 0.4) is 0 Å². The van der Waals surface area contributed by atoms with E-state index in [9.17, 15) is 18.0 Å². The highest BCUT2D eigenvalue weighted by Gasteiger charge is 2.35. The van der Waals surface area contributed by atoms with Crippen molar-refractivity contribution in [1.29, 1.82) is 0 Å². The third kappa shape index (κ3) is 3.51. The van der Waals surface area contributed by atoms with Crippen LogP contribution in [-0.4, -0.2) is 49.6 Å². The maximum atomic E-state index is 12.1. The lowest BCUT2D eigenvalue weighted by Crippen LogP contribution is -2.37. The molecule has 0 bridgehead atoms. The SMILES string of the molecule is COC1=C(C(=O)O)C=CC(=S(=O)=O)C1OC(=O)C1C=CC=CO1. The van der Waals surface area contributed by atoms with E-state index in [0.29, 0.717) is 0 Å². The number of allylic oxidation sites excluding steroid dienone is 2. The summed E-state index contributed by atoms with van der Waals surface area (Å²) in [5.41, 5.74) is -0.306. The van der Waals surface area contributed by atoms with Gasteiger partial charge in [0.15, 0.2) is 11.9 Å². The Morgan fingerprint density at radius 3 is 2.52 bits per heavy atom. The smallest absolute Gasteiger partial charge is 0.352 e. The highest BCUT2D eigenvalue weighted by Crippen LogP contribution is 2.23. The van der Waals surface area contributed by atoms with Crippen molar-refractivity contribution in [3.63, 3.8) is 0 Å². The molecular formula is C14H12O8S. The maximum Gasteiger partial charge on any atom is 0.352 e. The third-order valence-corrected chi connectivity index (χ3v) is 3.72. The van der Waals surface area contributed by atoms with Crippen molar-refractivity contribution in [3.8, 4) is 0 Å². The summed E-state index contributed by atoms with van der Waals surface area (Å²) < 4.78 is 37.7. The fraction of sp³-hybridized carbons (Fsp3) is 0.214. The van der Waals surface area contributed by atoms with Gasteiger partial charge in [0.05, 0.1) is 13.4 Å². The largest absolute Gasteiger partial charge is 0.496 e. The minimum atomic E-state index is -2.73. The predicted molar refractivity (Wildman–Crippen MR) is 77.8 cm³/mol. The highest BCUT2D eigenvalue weighted by atomic mass is 32.2. The summed E-state index contributed by atoms with van der Waals surface area (Å²) in [4.78, 5) is 22.9. The molecule has 2 aliphatic rings. The van der Waals surface area contributed by atoms with Crippen LogP contribution < -0.4 is 0 Å². The van der Waals surface area contributed by atoms with Crippen LogP contribution in [0.25, 0.3) is 0 Å². The van der Waals surface area contributed by atoms with Gasteiger partial charge in [-0.25, -0.2) is 9.59 Å². The summed E-state index contributed by atoms with van der Waals surface area (Å²) in [7, 11) is -1.58. The predicted octanol–water partition coefficient (Wildman–Crippen LogP) is -0.0267. The van der Waals surface area contributed by atoms with Crippen LogP contribution in [0.15, 0.2) is 48.0 Å². The molecule has 1 aliphatic carbocycles. The number of carbonyl (C=O) groups is 2. The van der Waals surface area contributed by atoms with Gasteiger partial charge >= 0.3 is 11.9 Å². The van der Waals surface area contributed by atoms with Crippen LogP contribution in [0.2, 0.25) is 0 Å². The summed E-state index contributed by atoms with van der Waals surface area (Å²) in [5, 5.41) is 9.13. The van der Waals surface area contributed by atoms with Crippen molar-refractivity contribution >= 4 is 27.1 Å². The van der Waals surface area contributed by atoms with Crippen molar-refractivity contribution in [3.05, 3.63) is 48.0 Å². The number of aliphatic carboxylic acids is 1. The summed E-state index contributed by atoms with van der Waals surface area (Å²) in [6.45, 7) is 0. The zero-order valence-corrected chi connectivity index (χ0v) is 12.6. The zero-order valence-electron chi connectivity index (χ0n) is 11.8. The third-order valence-electron chi connectivity index (χ3n) is 2.99. The Labute approximate surface area is 132 Å². The molecule has 9 heteroatoms. The summed E-state index contributed by atoms with van der Waals surface area (Å²) in [6, 6.07) is 0. The molecule has 1 heterocycles. The second kappa shape index (κ2) is 6.97. The van der Waals surface area contributed by atoms with Crippen molar-refractivity contribution in [2.75, 3.05) is 7.11 Å². The summed E-state index contributed by atoms with van der Waals surface area (Å²) >= 11 is 0. The van der Waals surface area contributed by atoms with E-state index in [4.69, 9.17) is 19.3 Å². The van der Waals surface area contributed by atoms with Crippen molar-refractivity contribution in [1.82, 2.24) is 0 Å². The highest BCUT2D eigenvalue weighted by molar-refractivity contribution is 7.73. The second-order valence-electron chi connectivity index (χ2n) is 4.34. The van der Waals surface area contributed by atoms with Crippen molar-refractivity contribution < 1.29 is 37.3 Å². The van der Waals surface area contributed by atoms with Gasteiger partial charge in [0.25, 0.3) is 0 Å². The number of hydrogen-bond acceptors (Lipinski definition) is 7. The second-order valence-corrected chi connectivity index (χ2v) is 5.29. The first-order valence-electron chi connectivity index (χ1n) is 6.30. The minimum Gasteiger partial charge on any atom is -0.496 e. The number of methoxy groups -OCH3 is 1. The first kappa shape index (κ1) is 16.6. The Morgan fingerprint density at radius 1 is 1.26 bits per heavy atom. The molecule has 0 saturated carbocycles. The number of ether oxygens (including phenoxy) is 3. The molecule has 0 spiro atoms. The van der Waals surface area contributed by atoms with Crippen molar-refractivity contribution in [2.45, 2.75) is 12.2 Å². The van der Waals surface area contributed by atoms with E-state index < -0.39 is 34.4 Å². The standard InChI is InChI=1S/C14H12O8S/c1-20-11-8(13(15)16)5-6-10(23(18)19)12(11)22-14(17)9-4-2-3-7-21-9/h2-7,9,12H,1H3,(H,15,16). The lowest BCUT2D eigenvalue weighted by atomic mass is 10.0. The van der Waals surface area contributed by atoms with E-state index in [1.165, 1.54) is 12.3 Å². The van der Waals surface area contributed by atoms with E-state index >= 15 is 0 Å². The van der Waals surface area contributed by atoms with E-state index in [2.05, 4.69) is 0 Å². The van der Waals surface area contributed by atoms with Crippen LogP contribution in [-0.2, 0) is 34.1 Å². The van der Waals surface area contributed by atoms with Gasteiger partial charge in [-0.3, -0.25) is 0 Å². The van der Waals surface area contributed by atoms with Gasteiger partial charge in [-0.15, -0.1) is 0 Å². The summed E-state index contributed by atoms with van der Waals surface area (Å²) in [5.74, 6) is -2.51. The van der Waals surface area contributed by atoms with Gasteiger partial charge in [-0.1, -0.05) is 6.08 Å². The van der Waals surface area contributed by atoms with E-state index in [1.54, 1.807) is 12.2 Å². The number of carboxylic acid groups (broad SMARTS) is 1. The molecule has 2 rings (SSSR count). The Balaban J connectivity index is 2.38. The van der Waals surface area contributed by atoms with E-state index in [1.807, 2.05) is 0 Å². The zero-order chi connectivity index (χ0) is 17.0. The van der Waals surface area contributed by atoms with Gasteiger partial charge in [0.1, 0.15) is 10.4 Å². The molecule has 0 aromatic carbocycles. The van der Waals surface area contributed by atoms with Crippen LogP contribution in [0.1, 0.15) is 0 Å². The van der Waals surface area contributed by atoms with Crippen LogP contribution >= 0.6 is 0 Å². The molecule has 2 atom stereocenters. The van der Waals surface area contributed by atoms with Gasteiger partial charge in [0, 0.05) is 0 Å². The fourth-order valence-corrected chi connectivity index (χ4v) is 2.47. The Bertz CT molecular complexity index is 774. The number of rotatable bonds is 4. The monoisotopic (exact) mass is 340 g/mol. The Kier molecular flexibility index (Phi) is 5.02. The molecule has 0 amide bonds. The quantitative estimate of drug-likeness (QED) is 0.560. The van der Waals surface area contributed by atoms with Gasteiger partial charge in [-0.05, 0) is 24.3 Å². The molecular weight excluding hydrogens is 328 g/mol. The number of esters is 1.